The van der Waals surface area contributed by atoms with E-state index in [1.54, 1.807) is 24.3 Å². The maximum atomic E-state index is 12.2. The first-order chi connectivity index (χ1) is 13.2. The quantitative estimate of drug-likeness (QED) is 0.434. The maximum Gasteiger partial charge on any atom is 0.311 e. The molecule has 6 heteroatoms. The lowest BCUT2D eigenvalue weighted by Gasteiger charge is -2.19. The number of hydrogen-bond donors (Lipinski definition) is 1. The normalized spacial score (nSPS) is 10.4. The zero-order valence-electron chi connectivity index (χ0n) is 16.5. The van der Waals surface area contributed by atoms with Crippen molar-refractivity contribution in [1.29, 1.82) is 0 Å². The fourth-order valence-electron chi connectivity index (χ4n) is 2.87. The first kappa shape index (κ1) is 21.2. The zero-order chi connectivity index (χ0) is 20.8. The molecule has 2 aromatic carbocycles. The minimum Gasteiger partial charge on any atom is -0.481 e. The third kappa shape index (κ3) is 5.19. The number of hydrogen-bond acceptors (Lipinski definition) is 5. The summed E-state index contributed by atoms with van der Waals surface area (Å²) in [4.78, 5) is 34.6. The largest absolute Gasteiger partial charge is 0.481 e. The summed E-state index contributed by atoms with van der Waals surface area (Å²) in [6.45, 7) is 7.07. The van der Waals surface area contributed by atoms with Gasteiger partial charge in [-0.05, 0) is 32.8 Å². The van der Waals surface area contributed by atoms with Gasteiger partial charge in [0.05, 0.1) is 12.8 Å². The first-order valence-electron chi connectivity index (χ1n) is 8.99. The molecule has 0 amide bonds. The topological polar surface area (TPSA) is 89.9 Å². The van der Waals surface area contributed by atoms with Crippen molar-refractivity contribution in [1.82, 2.24) is 0 Å². The van der Waals surface area contributed by atoms with Gasteiger partial charge in [-0.15, -0.1) is 0 Å². The summed E-state index contributed by atoms with van der Waals surface area (Å²) in [6, 6.07) is 7.18. The molecule has 1 N–H and O–H groups in total. The van der Waals surface area contributed by atoms with Gasteiger partial charge in [0.2, 0.25) is 0 Å². The van der Waals surface area contributed by atoms with Crippen LogP contribution in [0.15, 0.2) is 35.9 Å². The lowest BCUT2D eigenvalue weighted by molar-refractivity contribution is -0.142. The molecule has 0 aliphatic carbocycles. The van der Waals surface area contributed by atoms with Crippen LogP contribution >= 0.6 is 0 Å². The Hall–Kier alpha value is -3.15. The highest BCUT2D eigenvalue weighted by atomic mass is 16.5. The van der Waals surface area contributed by atoms with Crippen LogP contribution in [0.25, 0.3) is 10.8 Å². The van der Waals surface area contributed by atoms with Gasteiger partial charge in [0.25, 0.3) is 0 Å². The fourth-order valence-corrected chi connectivity index (χ4v) is 2.87. The van der Waals surface area contributed by atoms with E-state index in [0.29, 0.717) is 34.3 Å². The Morgan fingerprint density at radius 1 is 0.964 bits per heavy atom. The molecule has 0 aliphatic rings. The van der Waals surface area contributed by atoms with Crippen LogP contribution in [-0.2, 0) is 20.8 Å². The van der Waals surface area contributed by atoms with Gasteiger partial charge in [0, 0.05) is 23.3 Å². The van der Waals surface area contributed by atoms with E-state index in [1.165, 1.54) is 6.92 Å². The van der Waals surface area contributed by atoms with E-state index in [0.717, 1.165) is 11.1 Å². The molecule has 0 aliphatic heterocycles. The van der Waals surface area contributed by atoms with Crippen molar-refractivity contribution >= 4 is 28.7 Å². The van der Waals surface area contributed by atoms with Gasteiger partial charge in [-0.25, -0.2) is 0 Å². The summed E-state index contributed by atoms with van der Waals surface area (Å²) in [5.74, 6) is -1.31. The third-order valence-corrected chi connectivity index (χ3v) is 4.20. The van der Waals surface area contributed by atoms with Crippen LogP contribution in [-0.4, -0.2) is 23.0 Å². The smallest absolute Gasteiger partial charge is 0.311 e. The van der Waals surface area contributed by atoms with Crippen LogP contribution in [0.5, 0.6) is 11.5 Å². The van der Waals surface area contributed by atoms with E-state index in [-0.39, 0.29) is 12.8 Å². The molecule has 2 aromatic rings. The van der Waals surface area contributed by atoms with Gasteiger partial charge in [-0.2, -0.15) is 0 Å². The summed E-state index contributed by atoms with van der Waals surface area (Å²) in [7, 11) is 0. The number of carbonyl (C=O) groups excluding carboxylic acids is 2. The van der Waals surface area contributed by atoms with E-state index in [4.69, 9.17) is 14.6 Å². The van der Waals surface area contributed by atoms with Crippen LogP contribution in [0.4, 0.5) is 0 Å². The van der Waals surface area contributed by atoms with E-state index in [1.807, 2.05) is 26.8 Å². The second-order valence-corrected chi connectivity index (χ2v) is 6.75. The van der Waals surface area contributed by atoms with Gasteiger partial charge >= 0.3 is 17.9 Å². The Bertz CT molecular complexity index is 951. The van der Waals surface area contributed by atoms with Crippen molar-refractivity contribution in [2.24, 2.45) is 0 Å². The number of benzene rings is 2. The molecule has 0 fully saturated rings. The summed E-state index contributed by atoms with van der Waals surface area (Å²) < 4.78 is 11.1. The van der Waals surface area contributed by atoms with E-state index < -0.39 is 17.9 Å². The molecule has 0 heterocycles. The van der Waals surface area contributed by atoms with E-state index in [2.05, 4.69) is 0 Å². The highest BCUT2D eigenvalue weighted by Crippen LogP contribution is 2.41. The molecule has 0 aromatic heterocycles. The fraction of sp³-hybridized carbons (Fsp3) is 0.318. The predicted molar refractivity (Wildman–Crippen MR) is 106 cm³/mol. The van der Waals surface area contributed by atoms with Crippen molar-refractivity contribution in [2.45, 2.75) is 47.0 Å². The maximum absolute atomic E-state index is 12.2. The minimum atomic E-state index is -1.06. The second-order valence-electron chi connectivity index (χ2n) is 6.75. The number of carbonyl (C=O) groups is 3. The highest BCUT2D eigenvalue weighted by molar-refractivity contribution is 5.98. The monoisotopic (exact) mass is 384 g/mol. The number of fused-ring (bicyclic) bond motifs is 1. The van der Waals surface area contributed by atoms with Gasteiger partial charge in [0.1, 0.15) is 11.5 Å². The van der Waals surface area contributed by atoms with Gasteiger partial charge in [0.15, 0.2) is 0 Å². The van der Waals surface area contributed by atoms with Gasteiger partial charge in [-0.1, -0.05) is 35.9 Å². The number of rotatable bonds is 7. The van der Waals surface area contributed by atoms with Gasteiger partial charge in [-0.3, -0.25) is 14.4 Å². The minimum absolute atomic E-state index is 0.226. The average molecular weight is 384 g/mol. The average Bonchev–Trinajstić information content (AvgIpc) is 2.62. The Labute approximate surface area is 163 Å². The number of carboxylic acids is 1. The first-order valence-corrected chi connectivity index (χ1v) is 8.99. The predicted octanol–water partition coefficient (Wildman–Crippen LogP) is 4.35. The lowest BCUT2D eigenvalue weighted by Crippen LogP contribution is -2.13. The number of allylic oxidation sites excluding steroid dienone is 2. The number of esters is 2. The Kier molecular flexibility index (Phi) is 6.93. The molecule has 0 radical (unpaired) electrons. The molecule has 28 heavy (non-hydrogen) atoms. The summed E-state index contributed by atoms with van der Waals surface area (Å²) in [5.41, 5.74) is 2.51. The standard InChI is InChI=1S/C22H24O6/c1-13(2)9-10-16-14(3)21(27-15(4)23)17-7-5-6-8-18(17)22(16)28-20(26)12-11-19(24)25/h5-9H,10-12H2,1-4H3,(H,24,25). The van der Waals surface area contributed by atoms with Crippen molar-refractivity contribution < 1.29 is 29.0 Å². The van der Waals surface area contributed by atoms with Crippen LogP contribution in [0.1, 0.15) is 44.7 Å². The van der Waals surface area contributed by atoms with Crippen molar-refractivity contribution in [3.8, 4) is 11.5 Å². The molecule has 0 bridgehead atoms. The van der Waals surface area contributed by atoms with Gasteiger partial charge < -0.3 is 14.6 Å². The van der Waals surface area contributed by atoms with Crippen LogP contribution in [0, 0.1) is 6.92 Å². The van der Waals surface area contributed by atoms with Crippen LogP contribution in [0.3, 0.4) is 0 Å². The second kappa shape index (κ2) is 9.17. The zero-order valence-corrected chi connectivity index (χ0v) is 16.5. The molecular formula is C22H24O6. The highest BCUT2D eigenvalue weighted by Gasteiger charge is 2.21. The van der Waals surface area contributed by atoms with Crippen molar-refractivity contribution in [3.63, 3.8) is 0 Å². The van der Waals surface area contributed by atoms with Crippen molar-refractivity contribution in [3.05, 3.63) is 47.0 Å². The lowest BCUT2D eigenvalue weighted by atomic mass is 9.96. The molecule has 0 spiro atoms. The van der Waals surface area contributed by atoms with E-state index >= 15 is 0 Å². The number of carboxylic acid groups (broad SMARTS) is 1. The molecule has 0 atom stereocenters. The number of ether oxygens (including phenoxy) is 2. The molecule has 6 nitrogen and oxygen atoms in total. The summed E-state index contributed by atoms with van der Waals surface area (Å²) in [5, 5.41) is 10.1. The molecule has 0 unspecified atom stereocenters. The molecule has 0 saturated carbocycles. The molecule has 148 valence electrons. The summed E-state index contributed by atoms with van der Waals surface area (Å²) >= 11 is 0. The van der Waals surface area contributed by atoms with Crippen LogP contribution in [0.2, 0.25) is 0 Å². The molecule has 2 rings (SSSR count). The Morgan fingerprint density at radius 3 is 2.11 bits per heavy atom. The van der Waals surface area contributed by atoms with Crippen LogP contribution < -0.4 is 9.47 Å². The Balaban J connectivity index is 2.65. The SMILES string of the molecule is CC(=O)Oc1c(C)c(CC=C(C)C)c(OC(=O)CCC(=O)O)c2ccccc12. The Morgan fingerprint density at radius 2 is 1.57 bits per heavy atom. The summed E-state index contributed by atoms with van der Waals surface area (Å²) in [6.07, 6.45) is 1.94. The third-order valence-electron chi connectivity index (χ3n) is 4.20. The molecule has 0 saturated heterocycles. The van der Waals surface area contributed by atoms with E-state index in [9.17, 15) is 14.4 Å². The number of aliphatic carboxylic acids is 1. The molecular weight excluding hydrogens is 360 g/mol. The van der Waals surface area contributed by atoms with Crippen molar-refractivity contribution in [2.75, 3.05) is 0 Å².